The van der Waals surface area contributed by atoms with Crippen LogP contribution in [0, 0.1) is 6.92 Å². The minimum absolute atomic E-state index is 0.0296. The minimum atomic E-state index is -0.127. The van der Waals surface area contributed by atoms with E-state index in [1.807, 2.05) is 43.0 Å². The second-order valence-electron chi connectivity index (χ2n) is 7.07. The molecule has 0 aromatic heterocycles. The first-order valence-corrected chi connectivity index (χ1v) is 9.16. The summed E-state index contributed by atoms with van der Waals surface area (Å²) in [5, 5.41) is 6.06. The number of nitrogens with zero attached hydrogens (tertiary/aromatic N) is 2. The van der Waals surface area contributed by atoms with Gasteiger partial charge in [0.15, 0.2) is 0 Å². The number of urea groups is 1. The zero-order valence-electron chi connectivity index (χ0n) is 15.1. The fourth-order valence-electron chi connectivity index (χ4n) is 3.12. The van der Waals surface area contributed by atoms with E-state index in [2.05, 4.69) is 15.5 Å². The normalized spacial score (nSPS) is 19.4. The number of nitrogens with one attached hydrogen (secondary N) is 2. The summed E-state index contributed by atoms with van der Waals surface area (Å²) in [7, 11) is 0. The Balaban J connectivity index is 1.42. The molecule has 6 nitrogen and oxygen atoms in total. The Hall–Kier alpha value is -2.08. The molecule has 1 aliphatic heterocycles. The van der Waals surface area contributed by atoms with Gasteiger partial charge < -0.3 is 15.5 Å². The van der Waals surface area contributed by atoms with Gasteiger partial charge in [-0.1, -0.05) is 24.3 Å². The molecule has 1 atom stereocenters. The molecule has 1 aromatic rings. The molecule has 0 unspecified atom stereocenters. The van der Waals surface area contributed by atoms with E-state index in [4.69, 9.17) is 0 Å². The maximum absolute atomic E-state index is 12.4. The van der Waals surface area contributed by atoms with Crippen LogP contribution in [-0.4, -0.2) is 60.0 Å². The lowest BCUT2D eigenvalue weighted by Crippen LogP contribution is -2.56. The lowest BCUT2D eigenvalue weighted by atomic mass is 10.1. The van der Waals surface area contributed by atoms with Crippen LogP contribution in [-0.2, 0) is 11.3 Å². The van der Waals surface area contributed by atoms with Gasteiger partial charge in [0.05, 0.1) is 6.04 Å². The maximum atomic E-state index is 12.4. The fraction of sp³-hybridized carbons (Fsp3) is 0.579. The molecule has 0 bridgehead atoms. The van der Waals surface area contributed by atoms with Crippen LogP contribution in [0.25, 0.3) is 0 Å². The smallest absolute Gasteiger partial charge is 0.317 e. The predicted octanol–water partition coefficient (Wildman–Crippen LogP) is 1.49. The van der Waals surface area contributed by atoms with Crippen molar-refractivity contribution in [3.8, 4) is 0 Å². The molecule has 1 aromatic carbocycles. The van der Waals surface area contributed by atoms with E-state index in [1.54, 1.807) is 0 Å². The summed E-state index contributed by atoms with van der Waals surface area (Å²) in [5.74, 6) is 0.111. The fourth-order valence-corrected chi connectivity index (χ4v) is 3.12. The van der Waals surface area contributed by atoms with E-state index in [0.29, 0.717) is 25.7 Å². The van der Waals surface area contributed by atoms with Crippen LogP contribution in [0.4, 0.5) is 4.79 Å². The number of hydrogen-bond acceptors (Lipinski definition) is 3. The molecular formula is C19H28N4O2. The van der Waals surface area contributed by atoms with Gasteiger partial charge in [0, 0.05) is 38.8 Å². The molecule has 3 rings (SSSR count). The van der Waals surface area contributed by atoms with E-state index in [0.717, 1.165) is 31.5 Å². The molecule has 1 saturated carbocycles. The molecule has 0 spiro atoms. The Kier molecular flexibility index (Phi) is 5.58. The first kappa shape index (κ1) is 17.7. The topological polar surface area (TPSA) is 64.7 Å². The lowest BCUT2D eigenvalue weighted by Gasteiger charge is -2.37. The zero-order chi connectivity index (χ0) is 17.8. The van der Waals surface area contributed by atoms with Crippen LogP contribution in [0.1, 0.15) is 30.9 Å². The Morgan fingerprint density at radius 1 is 1.16 bits per heavy atom. The van der Waals surface area contributed by atoms with Gasteiger partial charge in [-0.05, 0) is 37.8 Å². The molecule has 1 heterocycles. The number of piperazine rings is 1. The zero-order valence-corrected chi connectivity index (χ0v) is 15.1. The van der Waals surface area contributed by atoms with E-state index in [-0.39, 0.29) is 18.0 Å². The minimum Gasteiger partial charge on any atom is -0.352 e. The van der Waals surface area contributed by atoms with E-state index < -0.39 is 0 Å². The van der Waals surface area contributed by atoms with E-state index in [9.17, 15) is 9.59 Å². The summed E-state index contributed by atoms with van der Waals surface area (Å²) in [4.78, 5) is 28.5. The van der Waals surface area contributed by atoms with Crippen molar-refractivity contribution in [2.75, 3.05) is 26.2 Å². The maximum Gasteiger partial charge on any atom is 0.317 e. The van der Waals surface area contributed by atoms with Crippen LogP contribution in [0.3, 0.4) is 0 Å². The molecule has 2 fully saturated rings. The number of carbonyl (C=O) groups excluding carboxylic acids is 2. The van der Waals surface area contributed by atoms with Crippen molar-refractivity contribution < 1.29 is 9.59 Å². The summed E-state index contributed by atoms with van der Waals surface area (Å²) in [6, 6.07) is 8.31. The number of amides is 3. The largest absolute Gasteiger partial charge is 0.352 e. The molecular weight excluding hydrogens is 316 g/mol. The molecule has 6 heteroatoms. The number of aryl methyl sites for hydroxylation is 1. The second-order valence-corrected chi connectivity index (χ2v) is 7.07. The van der Waals surface area contributed by atoms with Crippen LogP contribution in [0.5, 0.6) is 0 Å². The first-order valence-electron chi connectivity index (χ1n) is 9.16. The highest BCUT2D eigenvalue weighted by atomic mass is 16.2. The highest BCUT2D eigenvalue weighted by Crippen LogP contribution is 2.19. The molecule has 2 N–H and O–H groups in total. The average Bonchev–Trinajstić information content (AvgIpc) is 3.44. The van der Waals surface area contributed by atoms with Gasteiger partial charge in [0.25, 0.3) is 0 Å². The van der Waals surface area contributed by atoms with Crippen LogP contribution in [0.2, 0.25) is 0 Å². The molecule has 0 radical (unpaired) electrons. The molecule has 3 amide bonds. The lowest BCUT2D eigenvalue weighted by molar-refractivity contribution is -0.126. The van der Waals surface area contributed by atoms with Crippen LogP contribution in [0.15, 0.2) is 24.3 Å². The second kappa shape index (κ2) is 7.87. The third-order valence-corrected chi connectivity index (χ3v) is 5.14. The Labute approximate surface area is 149 Å². The number of benzene rings is 1. The van der Waals surface area contributed by atoms with Crippen LogP contribution >= 0.6 is 0 Å². The third-order valence-electron chi connectivity index (χ3n) is 5.14. The van der Waals surface area contributed by atoms with Gasteiger partial charge in [0.1, 0.15) is 0 Å². The molecule has 1 aliphatic carbocycles. The third kappa shape index (κ3) is 4.72. The molecule has 25 heavy (non-hydrogen) atoms. The average molecular weight is 344 g/mol. The number of rotatable bonds is 5. The van der Waals surface area contributed by atoms with Gasteiger partial charge in [0.2, 0.25) is 5.91 Å². The van der Waals surface area contributed by atoms with E-state index in [1.165, 1.54) is 5.56 Å². The van der Waals surface area contributed by atoms with Crippen molar-refractivity contribution in [2.45, 2.75) is 45.3 Å². The van der Waals surface area contributed by atoms with Crippen molar-refractivity contribution in [1.82, 2.24) is 20.4 Å². The summed E-state index contributed by atoms with van der Waals surface area (Å²) in [6.07, 6.45) is 2.21. The molecule has 136 valence electrons. The van der Waals surface area contributed by atoms with Crippen molar-refractivity contribution >= 4 is 11.9 Å². The van der Waals surface area contributed by atoms with Crippen LogP contribution < -0.4 is 10.6 Å². The number of hydrogen-bond donors (Lipinski definition) is 2. The predicted molar refractivity (Wildman–Crippen MR) is 97.2 cm³/mol. The van der Waals surface area contributed by atoms with Crippen molar-refractivity contribution in [3.63, 3.8) is 0 Å². The Morgan fingerprint density at radius 3 is 2.48 bits per heavy atom. The standard InChI is InChI=1S/C19H28N4O2/c1-14-5-3-4-6-16(14)13-20-19(25)23-11-9-22(10-12-23)15(2)18(24)21-17-7-8-17/h3-6,15,17H,7-13H2,1-2H3,(H,20,25)(H,21,24)/t15-/m1/s1. The van der Waals surface area contributed by atoms with Crippen molar-refractivity contribution in [2.24, 2.45) is 0 Å². The number of carbonyl (C=O) groups is 2. The first-order chi connectivity index (χ1) is 12.0. The van der Waals surface area contributed by atoms with Gasteiger partial charge in [-0.3, -0.25) is 9.69 Å². The highest BCUT2D eigenvalue weighted by molar-refractivity contribution is 5.82. The Bertz CT molecular complexity index is 622. The summed E-state index contributed by atoms with van der Waals surface area (Å²) in [6.45, 7) is 7.32. The summed E-state index contributed by atoms with van der Waals surface area (Å²) < 4.78 is 0. The van der Waals surface area contributed by atoms with E-state index >= 15 is 0 Å². The van der Waals surface area contributed by atoms with Crippen molar-refractivity contribution in [3.05, 3.63) is 35.4 Å². The van der Waals surface area contributed by atoms with Crippen molar-refractivity contribution in [1.29, 1.82) is 0 Å². The molecule has 1 saturated heterocycles. The monoisotopic (exact) mass is 344 g/mol. The van der Waals surface area contributed by atoms with Gasteiger partial charge in [-0.15, -0.1) is 0 Å². The van der Waals surface area contributed by atoms with Gasteiger partial charge >= 0.3 is 6.03 Å². The summed E-state index contributed by atoms with van der Waals surface area (Å²) in [5.41, 5.74) is 2.32. The quantitative estimate of drug-likeness (QED) is 0.851. The van der Waals surface area contributed by atoms with Gasteiger partial charge in [-0.2, -0.15) is 0 Å². The SMILES string of the molecule is Cc1ccccc1CNC(=O)N1CCN([C@H](C)C(=O)NC2CC2)CC1. The summed E-state index contributed by atoms with van der Waals surface area (Å²) >= 11 is 0. The highest BCUT2D eigenvalue weighted by Gasteiger charge is 2.30. The Morgan fingerprint density at radius 2 is 1.84 bits per heavy atom. The van der Waals surface area contributed by atoms with Gasteiger partial charge in [-0.25, -0.2) is 4.79 Å². The molecule has 2 aliphatic rings.